The Bertz CT molecular complexity index is 626. The number of piperidine rings is 1. The highest BCUT2D eigenvalue weighted by Crippen LogP contribution is 2.36. The molecule has 160 valence electrons. The molecule has 2 N–H and O–H groups in total. The van der Waals surface area contributed by atoms with Crippen LogP contribution >= 0.6 is 12.4 Å². The van der Waals surface area contributed by atoms with Crippen LogP contribution < -0.4 is 5.73 Å². The van der Waals surface area contributed by atoms with E-state index in [1.807, 2.05) is 0 Å². The summed E-state index contributed by atoms with van der Waals surface area (Å²) in [6, 6.07) is 0.928. The molecule has 11 heteroatoms. The van der Waals surface area contributed by atoms with Crippen molar-refractivity contribution in [2.24, 2.45) is 5.73 Å². The summed E-state index contributed by atoms with van der Waals surface area (Å²) in [5.41, 5.74) is 1.74. The molecule has 0 bridgehead atoms. The van der Waals surface area contributed by atoms with E-state index in [1.165, 1.54) is 4.90 Å². The Morgan fingerprint density at radius 1 is 1.04 bits per heavy atom. The van der Waals surface area contributed by atoms with E-state index in [0.29, 0.717) is 44.5 Å². The third-order valence-electron chi connectivity index (χ3n) is 4.27. The van der Waals surface area contributed by atoms with Crippen LogP contribution in [0.1, 0.15) is 40.7 Å². The van der Waals surface area contributed by atoms with E-state index >= 15 is 0 Å². The lowest BCUT2D eigenvalue weighted by molar-refractivity contribution is -0.143. The van der Waals surface area contributed by atoms with Gasteiger partial charge >= 0.3 is 12.4 Å². The van der Waals surface area contributed by atoms with E-state index < -0.39 is 35.0 Å². The molecule has 1 fully saturated rings. The van der Waals surface area contributed by atoms with E-state index in [0.717, 1.165) is 0 Å². The molecule has 1 heterocycles. The second-order valence-electron chi connectivity index (χ2n) is 6.30. The van der Waals surface area contributed by atoms with Gasteiger partial charge in [-0.2, -0.15) is 26.3 Å². The van der Waals surface area contributed by atoms with Crippen LogP contribution in [0.5, 0.6) is 0 Å². The maximum absolute atomic E-state index is 12.9. The number of carbonyl (C=O) groups excluding carboxylic acids is 1. The Morgan fingerprint density at radius 2 is 1.54 bits per heavy atom. The molecule has 1 aliphatic heterocycles. The van der Waals surface area contributed by atoms with E-state index in [9.17, 15) is 31.1 Å². The zero-order chi connectivity index (χ0) is 20.2. The van der Waals surface area contributed by atoms with Crippen LogP contribution in [0.25, 0.3) is 0 Å². The van der Waals surface area contributed by atoms with Gasteiger partial charge in [-0.15, -0.1) is 12.4 Å². The zero-order valence-electron chi connectivity index (χ0n) is 14.8. The molecular formula is C17H21ClF6N2O2. The van der Waals surface area contributed by atoms with Gasteiger partial charge in [-0.3, -0.25) is 4.79 Å². The average molecular weight is 435 g/mol. The molecule has 28 heavy (non-hydrogen) atoms. The number of likely N-dealkylation sites (tertiary alicyclic amines) is 1. The van der Waals surface area contributed by atoms with Crippen molar-refractivity contribution in [3.63, 3.8) is 0 Å². The van der Waals surface area contributed by atoms with Crippen molar-refractivity contribution >= 4 is 18.3 Å². The van der Waals surface area contributed by atoms with Gasteiger partial charge in [-0.05, 0) is 44.0 Å². The first-order chi connectivity index (χ1) is 12.5. The van der Waals surface area contributed by atoms with E-state index in [1.54, 1.807) is 0 Å². The number of alkyl halides is 6. The van der Waals surface area contributed by atoms with Crippen LogP contribution in [-0.4, -0.2) is 43.2 Å². The molecule has 0 unspecified atom stereocenters. The number of benzene rings is 1. The fraction of sp³-hybridized carbons (Fsp3) is 0.588. The summed E-state index contributed by atoms with van der Waals surface area (Å²) in [5, 5.41) is 0. The van der Waals surface area contributed by atoms with Crippen molar-refractivity contribution in [1.29, 1.82) is 0 Å². The maximum Gasteiger partial charge on any atom is 0.416 e. The fourth-order valence-corrected chi connectivity index (χ4v) is 2.82. The van der Waals surface area contributed by atoms with Crippen LogP contribution in [0.15, 0.2) is 18.2 Å². The first kappa shape index (κ1) is 24.5. The molecule has 2 rings (SSSR count). The van der Waals surface area contributed by atoms with Crippen molar-refractivity contribution in [1.82, 2.24) is 4.90 Å². The van der Waals surface area contributed by atoms with Crippen molar-refractivity contribution < 1.29 is 35.9 Å². The Labute approximate surface area is 164 Å². The van der Waals surface area contributed by atoms with Crippen LogP contribution in [0.3, 0.4) is 0 Å². The normalized spacial score (nSPS) is 16.0. The third kappa shape index (κ3) is 6.52. The Hall–Kier alpha value is -1.52. The van der Waals surface area contributed by atoms with E-state index in [4.69, 9.17) is 10.5 Å². The highest BCUT2D eigenvalue weighted by Gasteiger charge is 2.38. The van der Waals surface area contributed by atoms with Crippen LogP contribution in [0.2, 0.25) is 0 Å². The number of hydrogen-bond donors (Lipinski definition) is 1. The topological polar surface area (TPSA) is 55.6 Å². The van der Waals surface area contributed by atoms with Crippen molar-refractivity contribution in [3.05, 3.63) is 34.9 Å². The number of ether oxygens (including phenoxy) is 1. The molecule has 4 nitrogen and oxygen atoms in total. The minimum Gasteiger partial charge on any atom is -0.378 e. The van der Waals surface area contributed by atoms with Gasteiger partial charge in [0.05, 0.1) is 17.2 Å². The zero-order valence-corrected chi connectivity index (χ0v) is 15.6. The molecule has 1 amide bonds. The van der Waals surface area contributed by atoms with Crippen LogP contribution in [0, 0.1) is 0 Å². The molecule has 0 spiro atoms. The molecule has 1 aromatic carbocycles. The summed E-state index contributed by atoms with van der Waals surface area (Å²) in [5.74, 6) is -0.855. The maximum atomic E-state index is 12.9. The molecule has 1 aliphatic rings. The fourth-order valence-electron chi connectivity index (χ4n) is 2.82. The minimum absolute atomic E-state index is 0. The number of rotatable bonds is 5. The average Bonchev–Trinajstić information content (AvgIpc) is 2.60. The van der Waals surface area contributed by atoms with Gasteiger partial charge in [-0.1, -0.05) is 0 Å². The number of halogens is 7. The van der Waals surface area contributed by atoms with Crippen molar-refractivity contribution in [2.45, 2.75) is 37.7 Å². The molecule has 1 saturated heterocycles. The lowest BCUT2D eigenvalue weighted by Crippen LogP contribution is -2.41. The van der Waals surface area contributed by atoms with Gasteiger partial charge in [0.25, 0.3) is 5.91 Å². The molecule has 0 aromatic heterocycles. The van der Waals surface area contributed by atoms with Gasteiger partial charge in [0, 0.05) is 25.3 Å². The molecular weight excluding hydrogens is 414 g/mol. The Morgan fingerprint density at radius 3 is 1.96 bits per heavy atom. The van der Waals surface area contributed by atoms with E-state index in [-0.39, 0.29) is 37.7 Å². The first-order valence-corrected chi connectivity index (χ1v) is 8.43. The number of hydrogen-bond acceptors (Lipinski definition) is 3. The first-order valence-electron chi connectivity index (χ1n) is 8.43. The van der Waals surface area contributed by atoms with Gasteiger partial charge < -0.3 is 15.4 Å². The summed E-state index contributed by atoms with van der Waals surface area (Å²) in [6.45, 7) is 1.35. The predicted molar refractivity (Wildman–Crippen MR) is 92.2 cm³/mol. The standard InChI is InChI=1S/C17H20F6N2O2.ClH/c18-16(19,20)12-8-11(9-13(10-12)17(21,22)23)15(26)25-5-2-14(3-6-25)27-7-1-4-24;/h8-10,14H,1-7,24H2;1H. The highest BCUT2D eigenvalue weighted by molar-refractivity contribution is 5.94. The number of nitrogens with zero attached hydrogens (tertiary/aromatic N) is 1. The monoisotopic (exact) mass is 434 g/mol. The van der Waals surface area contributed by atoms with Gasteiger partial charge in [0.15, 0.2) is 0 Å². The van der Waals surface area contributed by atoms with Crippen LogP contribution in [-0.2, 0) is 17.1 Å². The van der Waals surface area contributed by atoms with Gasteiger partial charge in [0.2, 0.25) is 0 Å². The Balaban J connectivity index is 0.00000392. The van der Waals surface area contributed by atoms with Gasteiger partial charge in [0.1, 0.15) is 0 Å². The molecule has 1 aromatic rings. The quantitative estimate of drug-likeness (QED) is 0.560. The minimum atomic E-state index is -4.99. The Kier molecular flexibility index (Phi) is 8.58. The molecule has 0 saturated carbocycles. The van der Waals surface area contributed by atoms with Crippen LogP contribution in [0.4, 0.5) is 26.3 Å². The third-order valence-corrected chi connectivity index (χ3v) is 4.27. The highest BCUT2D eigenvalue weighted by atomic mass is 35.5. The van der Waals surface area contributed by atoms with Crippen molar-refractivity contribution in [3.8, 4) is 0 Å². The molecule has 0 aliphatic carbocycles. The summed E-state index contributed by atoms with van der Waals surface area (Å²) >= 11 is 0. The summed E-state index contributed by atoms with van der Waals surface area (Å²) < 4.78 is 83.1. The SMILES string of the molecule is Cl.NCCCOC1CCN(C(=O)c2cc(C(F)(F)F)cc(C(F)(F)F)c2)CC1. The molecule has 0 atom stereocenters. The molecule has 0 radical (unpaired) electrons. The predicted octanol–water partition coefficient (Wildman–Crippen LogP) is 4.12. The largest absolute Gasteiger partial charge is 0.416 e. The summed E-state index contributed by atoms with van der Waals surface area (Å²) in [4.78, 5) is 13.7. The lowest BCUT2D eigenvalue weighted by atomic mass is 10.0. The van der Waals surface area contributed by atoms with E-state index in [2.05, 4.69) is 0 Å². The lowest BCUT2D eigenvalue weighted by Gasteiger charge is -2.32. The second-order valence-corrected chi connectivity index (χ2v) is 6.30. The van der Waals surface area contributed by atoms with Crippen molar-refractivity contribution in [2.75, 3.05) is 26.2 Å². The summed E-state index contributed by atoms with van der Waals surface area (Å²) in [6.07, 6.45) is -8.47. The van der Waals surface area contributed by atoms with Gasteiger partial charge in [-0.25, -0.2) is 0 Å². The number of amides is 1. The number of carbonyl (C=O) groups is 1. The summed E-state index contributed by atoms with van der Waals surface area (Å²) in [7, 11) is 0. The number of nitrogens with two attached hydrogens (primary N) is 1. The second kappa shape index (κ2) is 9.80. The smallest absolute Gasteiger partial charge is 0.378 e.